The number of thioether (sulfide) groups is 1. The molecule has 3 aromatic rings. The molecule has 0 aliphatic rings. The second-order valence-corrected chi connectivity index (χ2v) is 7.03. The van der Waals surface area contributed by atoms with Crippen LogP contribution in [-0.2, 0) is 0 Å². The van der Waals surface area contributed by atoms with E-state index in [1.54, 1.807) is 0 Å². The Morgan fingerprint density at radius 1 is 1.00 bits per heavy atom. The minimum Gasteiger partial charge on any atom is -0.306 e. The van der Waals surface area contributed by atoms with Gasteiger partial charge in [-0.2, -0.15) is 0 Å². The Balaban J connectivity index is 2.03. The van der Waals surface area contributed by atoms with E-state index in [1.807, 2.05) is 11.8 Å². The van der Waals surface area contributed by atoms with E-state index in [9.17, 15) is 0 Å². The molecule has 0 radical (unpaired) electrons. The van der Waals surface area contributed by atoms with E-state index in [-0.39, 0.29) is 0 Å². The molecule has 2 nitrogen and oxygen atoms in total. The Labute approximate surface area is 142 Å². The molecule has 0 fully saturated rings. The van der Waals surface area contributed by atoms with Crippen molar-refractivity contribution in [3.05, 3.63) is 60.7 Å². The van der Waals surface area contributed by atoms with E-state index in [2.05, 4.69) is 86.6 Å². The third-order valence-electron chi connectivity index (χ3n) is 4.12. The molecule has 1 aromatic heterocycles. The molecule has 1 atom stereocenters. The van der Waals surface area contributed by atoms with Gasteiger partial charge in [-0.05, 0) is 38.7 Å². The summed E-state index contributed by atoms with van der Waals surface area (Å²) in [7, 11) is 4.24. The van der Waals surface area contributed by atoms with Crippen molar-refractivity contribution < 1.29 is 0 Å². The summed E-state index contributed by atoms with van der Waals surface area (Å²) in [6.45, 7) is 2.25. The van der Waals surface area contributed by atoms with E-state index >= 15 is 0 Å². The zero-order valence-electron chi connectivity index (χ0n) is 13.9. The maximum Gasteiger partial charge on any atom is 0.105 e. The van der Waals surface area contributed by atoms with Crippen molar-refractivity contribution in [3.63, 3.8) is 0 Å². The number of hydrogen-bond acceptors (Lipinski definition) is 3. The maximum atomic E-state index is 4.93. The lowest BCUT2D eigenvalue weighted by Crippen LogP contribution is -2.26. The molecule has 0 spiro atoms. The van der Waals surface area contributed by atoms with Gasteiger partial charge in [-0.1, -0.05) is 48.5 Å². The van der Waals surface area contributed by atoms with Crippen LogP contribution in [0, 0.1) is 0 Å². The standard InChI is InChI=1S/C20H22N2S/c1-15(22(2)3)14-23-20-18(16-9-5-4-6-10-16)13-17-11-7-8-12-19(17)21-20/h4-13,15H,14H2,1-3H3. The summed E-state index contributed by atoms with van der Waals surface area (Å²) >= 11 is 1.84. The molecule has 0 aliphatic heterocycles. The van der Waals surface area contributed by atoms with Gasteiger partial charge < -0.3 is 4.90 Å². The average molecular weight is 322 g/mol. The quantitative estimate of drug-likeness (QED) is 0.619. The first-order chi connectivity index (χ1) is 11.1. The van der Waals surface area contributed by atoms with Gasteiger partial charge in [0.05, 0.1) is 5.52 Å². The lowest BCUT2D eigenvalue weighted by molar-refractivity contribution is 0.340. The molecule has 23 heavy (non-hydrogen) atoms. The van der Waals surface area contributed by atoms with Crippen LogP contribution in [0.15, 0.2) is 65.7 Å². The van der Waals surface area contributed by atoms with E-state index in [0.717, 1.165) is 16.3 Å². The summed E-state index contributed by atoms with van der Waals surface area (Å²) in [6.07, 6.45) is 0. The second kappa shape index (κ2) is 7.16. The number of nitrogens with zero attached hydrogens (tertiary/aromatic N) is 2. The van der Waals surface area contributed by atoms with Gasteiger partial charge in [0.25, 0.3) is 0 Å². The molecule has 118 valence electrons. The predicted molar refractivity (Wildman–Crippen MR) is 101 cm³/mol. The molecule has 3 rings (SSSR count). The summed E-state index contributed by atoms with van der Waals surface area (Å²) in [5, 5.41) is 2.31. The van der Waals surface area contributed by atoms with Crippen LogP contribution in [0.2, 0.25) is 0 Å². The van der Waals surface area contributed by atoms with Crippen molar-refractivity contribution in [3.8, 4) is 11.1 Å². The third kappa shape index (κ3) is 3.74. The van der Waals surface area contributed by atoms with E-state index in [0.29, 0.717) is 6.04 Å². The second-order valence-electron chi connectivity index (χ2n) is 6.02. The zero-order chi connectivity index (χ0) is 16.2. The van der Waals surface area contributed by atoms with Crippen LogP contribution >= 0.6 is 11.8 Å². The predicted octanol–water partition coefficient (Wildman–Crippen LogP) is 4.94. The van der Waals surface area contributed by atoms with Crippen molar-refractivity contribution in [1.29, 1.82) is 0 Å². The van der Waals surface area contributed by atoms with Crippen molar-refractivity contribution in [1.82, 2.24) is 9.88 Å². The fraction of sp³-hybridized carbons (Fsp3) is 0.250. The van der Waals surface area contributed by atoms with Crippen LogP contribution in [0.3, 0.4) is 0 Å². The Kier molecular flexibility index (Phi) is 4.99. The molecule has 0 saturated carbocycles. The number of hydrogen-bond donors (Lipinski definition) is 0. The molecule has 0 N–H and O–H groups in total. The summed E-state index contributed by atoms with van der Waals surface area (Å²) < 4.78 is 0. The molecule has 1 unspecified atom stereocenters. The van der Waals surface area contributed by atoms with Crippen LogP contribution in [0.5, 0.6) is 0 Å². The Morgan fingerprint density at radius 3 is 2.43 bits per heavy atom. The van der Waals surface area contributed by atoms with Crippen molar-refractivity contribution in [2.45, 2.75) is 18.0 Å². The monoisotopic (exact) mass is 322 g/mol. The Bertz CT molecular complexity index is 784. The van der Waals surface area contributed by atoms with Crippen LogP contribution in [0.4, 0.5) is 0 Å². The largest absolute Gasteiger partial charge is 0.306 e. The Morgan fingerprint density at radius 2 is 1.70 bits per heavy atom. The van der Waals surface area contributed by atoms with Crippen molar-refractivity contribution in [2.24, 2.45) is 0 Å². The molecule has 0 bridgehead atoms. The van der Waals surface area contributed by atoms with E-state index < -0.39 is 0 Å². The molecule has 0 aliphatic carbocycles. The molecule has 0 amide bonds. The third-order valence-corrected chi connectivity index (χ3v) is 5.35. The van der Waals surface area contributed by atoms with Crippen LogP contribution < -0.4 is 0 Å². The molecule has 2 aromatic carbocycles. The lowest BCUT2D eigenvalue weighted by Gasteiger charge is -2.19. The van der Waals surface area contributed by atoms with Gasteiger partial charge in [0.15, 0.2) is 0 Å². The Hall–Kier alpha value is -1.84. The number of para-hydroxylation sites is 1. The molecule has 1 heterocycles. The van der Waals surface area contributed by atoms with Crippen molar-refractivity contribution >= 4 is 22.7 Å². The number of fused-ring (bicyclic) bond motifs is 1. The zero-order valence-corrected chi connectivity index (χ0v) is 14.7. The van der Waals surface area contributed by atoms with Gasteiger partial charge >= 0.3 is 0 Å². The maximum absolute atomic E-state index is 4.93. The van der Waals surface area contributed by atoms with Crippen LogP contribution in [0.1, 0.15) is 6.92 Å². The fourth-order valence-electron chi connectivity index (χ4n) is 2.38. The number of rotatable bonds is 5. The minimum absolute atomic E-state index is 0.511. The molecule has 3 heteroatoms. The first kappa shape index (κ1) is 16.0. The SMILES string of the molecule is CC(CSc1nc2ccccc2cc1-c1ccccc1)N(C)C. The smallest absolute Gasteiger partial charge is 0.105 e. The topological polar surface area (TPSA) is 16.1 Å². The normalized spacial score (nSPS) is 12.7. The van der Waals surface area contributed by atoms with Gasteiger partial charge in [0, 0.05) is 22.7 Å². The highest BCUT2D eigenvalue weighted by atomic mass is 32.2. The number of benzene rings is 2. The van der Waals surface area contributed by atoms with Gasteiger partial charge in [0.1, 0.15) is 5.03 Å². The summed E-state index contributed by atoms with van der Waals surface area (Å²) in [4.78, 5) is 7.17. The van der Waals surface area contributed by atoms with Crippen LogP contribution in [0.25, 0.3) is 22.0 Å². The molecule has 0 saturated heterocycles. The first-order valence-electron chi connectivity index (χ1n) is 7.89. The van der Waals surface area contributed by atoms with Gasteiger partial charge in [-0.15, -0.1) is 11.8 Å². The van der Waals surface area contributed by atoms with Crippen LogP contribution in [-0.4, -0.2) is 35.8 Å². The highest BCUT2D eigenvalue weighted by molar-refractivity contribution is 7.99. The molecular weight excluding hydrogens is 300 g/mol. The molecular formula is C20H22N2S. The summed E-state index contributed by atoms with van der Waals surface area (Å²) in [5.41, 5.74) is 3.51. The summed E-state index contributed by atoms with van der Waals surface area (Å²) in [5.74, 6) is 1.03. The minimum atomic E-state index is 0.511. The fourth-order valence-corrected chi connectivity index (χ4v) is 3.57. The van der Waals surface area contributed by atoms with Gasteiger partial charge in [0.2, 0.25) is 0 Å². The number of pyridine rings is 1. The highest BCUT2D eigenvalue weighted by Gasteiger charge is 2.12. The van der Waals surface area contributed by atoms with Gasteiger partial charge in [-0.25, -0.2) is 4.98 Å². The lowest BCUT2D eigenvalue weighted by atomic mass is 10.1. The highest BCUT2D eigenvalue weighted by Crippen LogP contribution is 2.33. The van der Waals surface area contributed by atoms with Crippen molar-refractivity contribution in [2.75, 3.05) is 19.8 Å². The number of aromatic nitrogens is 1. The summed E-state index contributed by atoms with van der Waals surface area (Å²) in [6, 6.07) is 21.7. The van der Waals surface area contributed by atoms with Gasteiger partial charge in [-0.3, -0.25) is 0 Å². The van der Waals surface area contributed by atoms with E-state index in [4.69, 9.17) is 4.98 Å². The van der Waals surface area contributed by atoms with E-state index in [1.165, 1.54) is 16.5 Å². The average Bonchev–Trinajstić information content (AvgIpc) is 2.59. The first-order valence-corrected chi connectivity index (χ1v) is 8.88.